The number of carbonyl (C=O) groups is 1. The molecule has 0 amide bonds. The van der Waals surface area contributed by atoms with E-state index in [1.807, 2.05) is 0 Å². The fourth-order valence-electron chi connectivity index (χ4n) is 3.74. The minimum Gasteiger partial charge on any atom is -0.454 e. The Morgan fingerprint density at radius 1 is 1.03 bits per heavy atom. The molecule has 3 rings (SSSR count). The minimum absolute atomic E-state index is 0.168. The summed E-state index contributed by atoms with van der Waals surface area (Å²) in [6, 6.07) is 11.5. The van der Waals surface area contributed by atoms with Crippen molar-refractivity contribution in [2.45, 2.75) is 38.2 Å². The third kappa shape index (κ3) is 5.03. The first-order valence-electron chi connectivity index (χ1n) is 9.73. The number of piperidine rings is 1. The molecule has 0 aromatic heterocycles. The van der Waals surface area contributed by atoms with Crippen LogP contribution in [0.4, 0.5) is 4.39 Å². The van der Waals surface area contributed by atoms with Crippen LogP contribution in [0.15, 0.2) is 53.4 Å². The summed E-state index contributed by atoms with van der Waals surface area (Å²) in [5, 5.41) is 0. The largest absolute Gasteiger partial charge is 0.454 e. The summed E-state index contributed by atoms with van der Waals surface area (Å²) in [7, 11) is -3.59. The Hall–Kier alpha value is -2.25. The molecule has 0 unspecified atom stereocenters. The normalized spacial score (nSPS) is 21.5. The number of benzene rings is 2. The molecule has 1 saturated heterocycles. The van der Waals surface area contributed by atoms with E-state index in [0.717, 1.165) is 6.42 Å². The van der Waals surface area contributed by atoms with E-state index in [4.69, 9.17) is 4.74 Å². The molecule has 1 fully saturated rings. The number of ether oxygens (including phenoxy) is 1. The Bertz CT molecular complexity index is 947. The number of carbonyl (C=O) groups excluding carboxylic acids is 1. The van der Waals surface area contributed by atoms with E-state index in [2.05, 4.69) is 13.8 Å². The van der Waals surface area contributed by atoms with Gasteiger partial charge in [-0.25, -0.2) is 17.6 Å². The molecule has 5 nitrogen and oxygen atoms in total. The molecule has 0 bridgehead atoms. The van der Waals surface area contributed by atoms with Gasteiger partial charge in [0.15, 0.2) is 0 Å². The Morgan fingerprint density at radius 2 is 1.59 bits per heavy atom. The Kier molecular flexibility index (Phi) is 6.39. The fourth-order valence-corrected chi connectivity index (χ4v) is 5.42. The number of rotatable bonds is 5. The van der Waals surface area contributed by atoms with Gasteiger partial charge in [0.05, 0.1) is 10.5 Å². The van der Waals surface area contributed by atoms with Crippen LogP contribution in [0.3, 0.4) is 0 Å². The van der Waals surface area contributed by atoms with Crippen LogP contribution < -0.4 is 0 Å². The first kappa shape index (κ1) is 21.5. The van der Waals surface area contributed by atoms with Crippen molar-refractivity contribution in [2.75, 3.05) is 13.1 Å². The SMILES string of the molecule is C[C@@H]1C[C@H](C)CN(S(=O)(=O)c2ccc(C(=O)O[C@@H](C)c3ccc(F)cc3)cc2)C1. The predicted molar refractivity (Wildman–Crippen MR) is 108 cm³/mol. The minimum atomic E-state index is -3.59. The predicted octanol–water partition coefficient (Wildman–Crippen LogP) is 4.41. The maximum atomic E-state index is 13.0. The highest BCUT2D eigenvalue weighted by atomic mass is 32.2. The first-order valence-corrected chi connectivity index (χ1v) is 11.2. The van der Waals surface area contributed by atoms with Crippen molar-refractivity contribution in [3.8, 4) is 0 Å². The summed E-state index contributed by atoms with van der Waals surface area (Å²) in [5.74, 6) is -0.293. The molecule has 156 valence electrons. The monoisotopic (exact) mass is 419 g/mol. The zero-order valence-corrected chi connectivity index (χ0v) is 17.7. The lowest BCUT2D eigenvalue weighted by Crippen LogP contribution is -2.42. The molecule has 1 aliphatic heterocycles. The van der Waals surface area contributed by atoms with E-state index in [1.54, 1.807) is 19.1 Å². The van der Waals surface area contributed by atoms with Gasteiger partial charge in [0.2, 0.25) is 10.0 Å². The molecule has 2 aromatic carbocycles. The van der Waals surface area contributed by atoms with E-state index in [-0.39, 0.29) is 16.3 Å². The average Bonchev–Trinajstić information content (AvgIpc) is 2.67. The van der Waals surface area contributed by atoms with Crippen LogP contribution >= 0.6 is 0 Å². The quantitative estimate of drug-likeness (QED) is 0.674. The molecule has 0 aliphatic carbocycles. The molecule has 1 aliphatic rings. The van der Waals surface area contributed by atoms with Gasteiger partial charge in [-0.3, -0.25) is 0 Å². The molecule has 0 spiro atoms. The summed E-state index contributed by atoms with van der Waals surface area (Å²) in [6.07, 6.45) is 0.464. The maximum absolute atomic E-state index is 13.0. The smallest absolute Gasteiger partial charge is 0.338 e. The van der Waals surface area contributed by atoms with Crippen LogP contribution in [0.25, 0.3) is 0 Å². The van der Waals surface area contributed by atoms with Crippen LogP contribution in [0.1, 0.15) is 49.2 Å². The molecule has 2 aromatic rings. The molecule has 1 heterocycles. The highest BCUT2D eigenvalue weighted by Gasteiger charge is 2.31. The summed E-state index contributed by atoms with van der Waals surface area (Å²) < 4.78 is 45.8. The summed E-state index contributed by atoms with van der Waals surface area (Å²) in [4.78, 5) is 12.6. The molecular weight excluding hydrogens is 393 g/mol. The zero-order chi connectivity index (χ0) is 21.2. The van der Waals surface area contributed by atoms with Crippen LogP contribution in [-0.4, -0.2) is 31.8 Å². The lowest BCUT2D eigenvalue weighted by atomic mass is 9.94. The number of hydrogen-bond donors (Lipinski definition) is 0. The van der Waals surface area contributed by atoms with Crippen LogP contribution in [0, 0.1) is 17.7 Å². The maximum Gasteiger partial charge on any atom is 0.338 e. The highest BCUT2D eigenvalue weighted by molar-refractivity contribution is 7.89. The van der Waals surface area contributed by atoms with E-state index < -0.39 is 22.1 Å². The van der Waals surface area contributed by atoms with Crippen molar-refractivity contribution >= 4 is 16.0 Å². The van der Waals surface area contributed by atoms with Gasteiger partial charge in [0.25, 0.3) is 0 Å². The molecule has 3 atom stereocenters. The van der Waals surface area contributed by atoms with Crippen LogP contribution in [0.2, 0.25) is 0 Å². The first-order chi connectivity index (χ1) is 13.7. The summed E-state index contributed by atoms with van der Waals surface area (Å²) >= 11 is 0. The van der Waals surface area contributed by atoms with E-state index >= 15 is 0 Å². The van der Waals surface area contributed by atoms with E-state index in [1.165, 1.54) is 40.7 Å². The van der Waals surface area contributed by atoms with Gasteiger partial charge in [0.1, 0.15) is 11.9 Å². The molecule has 29 heavy (non-hydrogen) atoms. The van der Waals surface area contributed by atoms with Gasteiger partial charge in [-0.15, -0.1) is 0 Å². The zero-order valence-electron chi connectivity index (χ0n) is 16.8. The second-order valence-electron chi connectivity index (χ2n) is 7.89. The topological polar surface area (TPSA) is 63.7 Å². The standard InChI is InChI=1S/C22H26FNO4S/c1-15-12-16(2)14-24(13-15)29(26,27)21-10-6-19(7-11-21)22(25)28-17(3)18-4-8-20(23)9-5-18/h4-11,15-17H,12-14H2,1-3H3/t15-,16+,17-/m0/s1. The molecular formula is C22H26FNO4S. The van der Waals surface area contributed by atoms with Crippen LogP contribution in [0.5, 0.6) is 0 Å². The Morgan fingerprint density at radius 3 is 2.14 bits per heavy atom. The summed E-state index contributed by atoms with van der Waals surface area (Å²) in [6.45, 7) is 6.82. The summed E-state index contributed by atoms with van der Waals surface area (Å²) in [5.41, 5.74) is 0.936. The van der Waals surface area contributed by atoms with Gasteiger partial charge in [-0.05, 0) is 67.1 Å². The number of sulfonamides is 1. The van der Waals surface area contributed by atoms with Gasteiger partial charge < -0.3 is 4.74 Å². The number of esters is 1. The molecule has 0 radical (unpaired) electrons. The van der Waals surface area contributed by atoms with Gasteiger partial charge >= 0.3 is 5.97 Å². The highest BCUT2D eigenvalue weighted by Crippen LogP contribution is 2.27. The van der Waals surface area contributed by atoms with Crippen molar-refractivity contribution in [1.82, 2.24) is 4.31 Å². The molecule has 7 heteroatoms. The second-order valence-corrected chi connectivity index (χ2v) is 9.83. The van der Waals surface area contributed by atoms with Crippen molar-refractivity contribution in [3.05, 3.63) is 65.5 Å². The van der Waals surface area contributed by atoms with Crippen LogP contribution in [-0.2, 0) is 14.8 Å². The lowest BCUT2D eigenvalue weighted by Gasteiger charge is -2.34. The van der Waals surface area contributed by atoms with Crippen molar-refractivity contribution in [1.29, 1.82) is 0 Å². The van der Waals surface area contributed by atoms with E-state index in [0.29, 0.717) is 30.5 Å². The van der Waals surface area contributed by atoms with Gasteiger partial charge in [-0.1, -0.05) is 26.0 Å². The van der Waals surface area contributed by atoms with E-state index in [9.17, 15) is 17.6 Å². The third-order valence-electron chi connectivity index (χ3n) is 5.19. The average molecular weight is 420 g/mol. The van der Waals surface area contributed by atoms with Gasteiger partial charge in [-0.2, -0.15) is 4.31 Å². The fraction of sp³-hybridized carbons (Fsp3) is 0.409. The molecule has 0 saturated carbocycles. The Labute approximate surface area is 171 Å². The number of hydrogen-bond acceptors (Lipinski definition) is 4. The third-order valence-corrected chi connectivity index (χ3v) is 7.03. The number of nitrogens with zero attached hydrogens (tertiary/aromatic N) is 1. The second kappa shape index (κ2) is 8.63. The molecule has 0 N–H and O–H groups in total. The van der Waals surface area contributed by atoms with Crippen molar-refractivity contribution in [3.63, 3.8) is 0 Å². The number of halogens is 1. The Balaban J connectivity index is 1.70. The van der Waals surface area contributed by atoms with Crippen molar-refractivity contribution in [2.24, 2.45) is 11.8 Å². The van der Waals surface area contributed by atoms with Crippen molar-refractivity contribution < 1.29 is 22.3 Å². The van der Waals surface area contributed by atoms with Gasteiger partial charge in [0, 0.05) is 13.1 Å². The lowest BCUT2D eigenvalue weighted by molar-refractivity contribution is 0.0337.